The number of rotatable bonds is 6. The summed E-state index contributed by atoms with van der Waals surface area (Å²) >= 11 is 0. The molecule has 32 heavy (non-hydrogen) atoms. The van der Waals surface area contributed by atoms with Gasteiger partial charge in [0, 0.05) is 52.1 Å². The smallest absolute Gasteiger partial charge is 0.303 e. The van der Waals surface area contributed by atoms with E-state index in [1.165, 1.54) is 48.1 Å². The van der Waals surface area contributed by atoms with Crippen molar-refractivity contribution in [3.05, 3.63) is 59.4 Å². The molecule has 3 atom stereocenters. The topological polar surface area (TPSA) is 36.0 Å². The molecule has 0 aliphatic carbocycles. The number of halogens is 1. The molecule has 0 bridgehead atoms. The van der Waals surface area contributed by atoms with E-state index in [9.17, 15) is 9.18 Å². The van der Waals surface area contributed by atoms with Crippen LogP contribution in [0, 0.1) is 5.82 Å². The monoisotopic (exact) mass is 438 g/mol. The largest absolute Gasteiger partial charge is 0.458 e. The van der Waals surface area contributed by atoms with Crippen molar-refractivity contribution in [2.24, 2.45) is 0 Å². The molecule has 2 aromatic rings. The Hall–Kier alpha value is -2.60. The van der Waals surface area contributed by atoms with Gasteiger partial charge in [-0.1, -0.05) is 24.3 Å². The van der Waals surface area contributed by atoms with Crippen molar-refractivity contribution in [2.45, 2.75) is 44.2 Å². The zero-order valence-corrected chi connectivity index (χ0v) is 18.9. The van der Waals surface area contributed by atoms with Crippen molar-refractivity contribution in [1.29, 1.82) is 0 Å². The van der Waals surface area contributed by atoms with E-state index < -0.39 is 12.0 Å². The number of carbonyl (C=O) groups excluding carboxylic acids is 1. The molecular formula is C26H32FN3O2. The van der Waals surface area contributed by atoms with Crippen molar-refractivity contribution in [2.75, 3.05) is 49.6 Å². The highest BCUT2D eigenvalue weighted by Crippen LogP contribution is 2.50. The van der Waals surface area contributed by atoms with Gasteiger partial charge in [0.1, 0.15) is 11.9 Å². The average Bonchev–Trinajstić information content (AvgIpc) is 3.10. The number of likely N-dealkylation sites (tertiary alicyclic amines) is 1. The Balaban J connectivity index is 1.26. The predicted octanol–water partition coefficient (Wildman–Crippen LogP) is 4.34. The summed E-state index contributed by atoms with van der Waals surface area (Å²) in [7, 11) is 2.18. The zero-order chi connectivity index (χ0) is 23.2. The maximum Gasteiger partial charge on any atom is 0.303 e. The van der Waals surface area contributed by atoms with E-state index in [4.69, 9.17) is 6.11 Å². The van der Waals surface area contributed by atoms with E-state index in [0.717, 1.165) is 45.6 Å². The second-order valence-corrected chi connectivity index (χ2v) is 9.22. The van der Waals surface area contributed by atoms with Crippen LogP contribution in [0.5, 0.6) is 0 Å². The number of hydrogen-bond donors (Lipinski definition) is 0. The minimum absolute atomic E-state index is 0.365. The number of hydrogen-bond acceptors (Lipinski definition) is 5. The summed E-state index contributed by atoms with van der Waals surface area (Å²) < 4.78 is 27.6. The van der Waals surface area contributed by atoms with Crippen LogP contribution < -0.4 is 9.80 Å². The van der Waals surface area contributed by atoms with Crippen LogP contribution in [0.3, 0.4) is 0 Å². The van der Waals surface area contributed by atoms with Gasteiger partial charge in [-0.2, -0.15) is 0 Å². The van der Waals surface area contributed by atoms with E-state index in [1.807, 2.05) is 0 Å². The molecule has 0 N–H and O–H groups in total. The molecule has 170 valence electrons. The van der Waals surface area contributed by atoms with E-state index in [0.29, 0.717) is 23.9 Å². The maximum absolute atomic E-state index is 13.4. The fraction of sp³-hybridized carbons (Fsp3) is 0.500. The number of benzene rings is 2. The number of ether oxygens (including phenoxy) is 1. The van der Waals surface area contributed by atoms with E-state index in [2.05, 4.69) is 39.9 Å². The number of nitrogens with zero attached hydrogens (tertiary/aromatic N) is 3. The van der Waals surface area contributed by atoms with Crippen molar-refractivity contribution >= 4 is 17.3 Å². The SMILES string of the molecule is [2H]C(CCCN1CC[C@H]2[C@@H](C1)c1cccc3c1N2CCN3C)(OC(C)=O)c1ccc(F)cc1. The lowest BCUT2D eigenvalue weighted by Gasteiger charge is -2.41. The van der Waals surface area contributed by atoms with E-state index >= 15 is 0 Å². The normalized spacial score (nSPS) is 24.4. The second-order valence-electron chi connectivity index (χ2n) is 9.22. The molecule has 3 aliphatic heterocycles. The summed E-state index contributed by atoms with van der Waals surface area (Å²) in [6.45, 7) is 6.36. The second kappa shape index (κ2) is 8.74. The number of para-hydroxylation sites is 1. The summed E-state index contributed by atoms with van der Waals surface area (Å²) in [6, 6.07) is 13.0. The lowest BCUT2D eigenvalue weighted by molar-refractivity contribution is -0.147. The fourth-order valence-electron chi connectivity index (χ4n) is 5.71. The Morgan fingerprint density at radius 1 is 1.22 bits per heavy atom. The molecule has 5 rings (SSSR count). The minimum Gasteiger partial charge on any atom is -0.458 e. The van der Waals surface area contributed by atoms with Crippen LogP contribution in [0.25, 0.3) is 0 Å². The molecule has 3 aliphatic rings. The Morgan fingerprint density at radius 3 is 2.81 bits per heavy atom. The first-order valence-electron chi connectivity index (χ1n) is 12.1. The molecule has 1 unspecified atom stereocenters. The fourth-order valence-corrected chi connectivity index (χ4v) is 5.71. The molecular weight excluding hydrogens is 405 g/mol. The minimum atomic E-state index is -1.49. The lowest BCUT2D eigenvalue weighted by atomic mass is 9.89. The standard InChI is InChI=1S/C26H32FN3O2/c1-18(31)32-25(19-8-10-20(27)11-9-19)7-4-13-29-14-12-23-22(17-29)21-5-3-6-24-26(21)30(23)16-15-28(24)2/h3,5-6,8-11,22-23,25H,4,7,12-17H2,1-2H3/t22-,23-,25?/m0/s1/i25D. The molecule has 1 fully saturated rings. The first-order valence-corrected chi connectivity index (χ1v) is 11.6. The predicted molar refractivity (Wildman–Crippen MR) is 125 cm³/mol. The molecule has 2 aromatic carbocycles. The lowest BCUT2D eigenvalue weighted by Crippen LogP contribution is -2.49. The maximum atomic E-state index is 13.4. The summed E-state index contributed by atoms with van der Waals surface area (Å²) in [4.78, 5) is 19.2. The van der Waals surface area contributed by atoms with Crippen LogP contribution in [0.2, 0.25) is 0 Å². The first-order chi connectivity index (χ1) is 15.9. The van der Waals surface area contributed by atoms with Gasteiger partial charge in [0.2, 0.25) is 0 Å². The Morgan fingerprint density at radius 2 is 2.03 bits per heavy atom. The number of carbonyl (C=O) groups is 1. The van der Waals surface area contributed by atoms with Crippen LogP contribution in [-0.4, -0.2) is 56.7 Å². The van der Waals surface area contributed by atoms with Gasteiger partial charge in [0.25, 0.3) is 0 Å². The van der Waals surface area contributed by atoms with Crippen molar-refractivity contribution in [3.63, 3.8) is 0 Å². The molecule has 0 aromatic heterocycles. The number of esters is 1. The first kappa shape index (κ1) is 20.0. The molecule has 6 heteroatoms. The molecule has 1 saturated heterocycles. The summed E-state index contributed by atoms with van der Waals surface area (Å²) in [5.41, 5.74) is 4.75. The number of likely N-dealkylation sites (N-methyl/N-ethyl adjacent to an activating group) is 1. The van der Waals surface area contributed by atoms with Gasteiger partial charge in [0.15, 0.2) is 0 Å². The Bertz CT molecular complexity index is 1030. The van der Waals surface area contributed by atoms with E-state index in [-0.39, 0.29) is 5.82 Å². The third kappa shape index (κ3) is 3.96. The number of anilines is 2. The highest BCUT2D eigenvalue weighted by molar-refractivity contribution is 5.80. The molecule has 0 amide bonds. The molecule has 0 radical (unpaired) electrons. The van der Waals surface area contributed by atoms with Crippen molar-refractivity contribution in [3.8, 4) is 0 Å². The zero-order valence-electron chi connectivity index (χ0n) is 19.9. The van der Waals surface area contributed by atoms with Crippen LogP contribution in [0.1, 0.15) is 50.7 Å². The third-order valence-corrected chi connectivity index (χ3v) is 7.19. The Labute approximate surface area is 191 Å². The molecule has 0 spiro atoms. The summed E-state index contributed by atoms with van der Waals surface area (Å²) in [5.74, 6) is -0.355. The van der Waals surface area contributed by atoms with Crippen LogP contribution in [0.15, 0.2) is 42.5 Å². The van der Waals surface area contributed by atoms with Gasteiger partial charge in [0.05, 0.1) is 12.7 Å². The number of piperidine rings is 1. The van der Waals surface area contributed by atoms with Gasteiger partial charge < -0.3 is 19.4 Å². The molecule has 0 saturated carbocycles. The van der Waals surface area contributed by atoms with Gasteiger partial charge in [-0.15, -0.1) is 0 Å². The highest BCUT2D eigenvalue weighted by atomic mass is 19.1. The average molecular weight is 439 g/mol. The van der Waals surface area contributed by atoms with Gasteiger partial charge in [-0.05, 0) is 55.1 Å². The third-order valence-electron chi connectivity index (χ3n) is 7.19. The van der Waals surface area contributed by atoms with Crippen LogP contribution in [0.4, 0.5) is 15.8 Å². The van der Waals surface area contributed by atoms with Gasteiger partial charge in [-0.25, -0.2) is 4.39 Å². The van der Waals surface area contributed by atoms with Gasteiger partial charge in [-0.3, -0.25) is 4.79 Å². The highest BCUT2D eigenvalue weighted by Gasteiger charge is 2.44. The van der Waals surface area contributed by atoms with Gasteiger partial charge >= 0.3 is 5.97 Å². The summed E-state index contributed by atoms with van der Waals surface area (Å²) in [5, 5.41) is 0. The quantitative estimate of drug-likeness (QED) is 0.627. The van der Waals surface area contributed by atoms with Crippen molar-refractivity contribution < 1.29 is 15.3 Å². The molecule has 5 nitrogen and oxygen atoms in total. The molecule has 3 heterocycles. The number of fused-ring (bicyclic) bond motifs is 3. The van der Waals surface area contributed by atoms with Crippen LogP contribution in [-0.2, 0) is 9.53 Å². The summed E-state index contributed by atoms with van der Waals surface area (Å²) in [6.07, 6.45) is 0.745. The Kier molecular flexibility index (Phi) is 5.47. The van der Waals surface area contributed by atoms with E-state index in [1.54, 1.807) is 0 Å². The van der Waals surface area contributed by atoms with Crippen molar-refractivity contribution in [1.82, 2.24) is 4.90 Å². The van der Waals surface area contributed by atoms with Crippen LogP contribution >= 0.6 is 0 Å².